The summed E-state index contributed by atoms with van der Waals surface area (Å²) < 4.78 is 1.65. The molecule has 0 aliphatic heterocycles. The molecule has 0 aliphatic carbocycles. The third-order valence-corrected chi connectivity index (χ3v) is 3.72. The molecule has 19 heavy (non-hydrogen) atoms. The lowest BCUT2D eigenvalue weighted by Crippen LogP contribution is -1.94. The zero-order valence-electron chi connectivity index (χ0n) is 9.73. The van der Waals surface area contributed by atoms with Gasteiger partial charge in [0.2, 0.25) is 0 Å². The van der Waals surface area contributed by atoms with Crippen LogP contribution in [0.1, 0.15) is 5.56 Å². The highest BCUT2D eigenvalue weighted by atomic mass is 35.5. The Morgan fingerprint density at radius 3 is 2.47 bits per heavy atom. The lowest BCUT2D eigenvalue weighted by Gasteiger charge is -2.03. The van der Waals surface area contributed by atoms with E-state index in [0.717, 1.165) is 11.3 Å². The Hall–Kier alpha value is -1.36. The zero-order valence-corrected chi connectivity index (χ0v) is 12.0. The van der Waals surface area contributed by atoms with Crippen molar-refractivity contribution in [2.24, 2.45) is 0 Å². The molecule has 7 heteroatoms. The van der Waals surface area contributed by atoms with Gasteiger partial charge in [0, 0.05) is 11.2 Å². The number of nitrogens with zero attached hydrogens (tertiary/aromatic N) is 4. The van der Waals surface area contributed by atoms with E-state index in [1.54, 1.807) is 10.9 Å². The number of aromatic nitrogens is 4. The second kappa shape index (κ2) is 4.63. The number of hydrogen-bond acceptors (Lipinski definition) is 3. The lowest BCUT2D eigenvalue weighted by molar-refractivity contribution is 0.894. The first-order valence-electron chi connectivity index (χ1n) is 5.40. The van der Waals surface area contributed by atoms with Crippen LogP contribution in [0.5, 0.6) is 0 Å². The topological polar surface area (TPSA) is 43.6 Å². The number of benzene rings is 1. The third-order valence-electron chi connectivity index (χ3n) is 2.78. The molecule has 3 rings (SSSR count). The molecule has 0 atom stereocenters. The maximum Gasteiger partial charge on any atom is 0.179 e. The molecule has 0 bridgehead atoms. The SMILES string of the molecule is Cc1ccc(-n2cc3c(Cl)nnc(Cl)c3n2)cc1Cl. The number of halogens is 3. The van der Waals surface area contributed by atoms with E-state index < -0.39 is 0 Å². The minimum Gasteiger partial charge on any atom is -0.239 e. The summed E-state index contributed by atoms with van der Waals surface area (Å²) in [6, 6.07) is 5.66. The van der Waals surface area contributed by atoms with Gasteiger partial charge in [0.25, 0.3) is 0 Å². The van der Waals surface area contributed by atoms with E-state index in [1.165, 1.54) is 0 Å². The van der Waals surface area contributed by atoms with Crippen LogP contribution in [-0.4, -0.2) is 20.0 Å². The van der Waals surface area contributed by atoms with Crippen molar-refractivity contribution >= 4 is 45.7 Å². The van der Waals surface area contributed by atoms with Crippen molar-refractivity contribution in [1.82, 2.24) is 20.0 Å². The largest absolute Gasteiger partial charge is 0.239 e. The summed E-state index contributed by atoms with van der Waals surface area (Å²) in [5.74, 6) is 0. The highest BCUT2D eigenvalue weighted by Crippen LogP contribution is 2.27. The van der Waals surface area contributed by atoms with Gasteiger partial charge in [0.05, 0.1) is 11.1 Å². The minimum atomic E-state index is 0.219. The number of hydrogen-bond donors (Lipinski definition) is 0. The summed E-state index contributed by atoms with van der Waals surface area (Å²) in [5, 5.41) is 13.6. The fourth-order valence-corrected chi connectivity index (χ4v) is 2.25. The molecule has 0 aliphatic rings. The van der Waals surface area contributed by atoms with E-state index in [0.29, 0.717) is 15.9 Å². The fourth-order valence-electron chi connectivity index (χ4n) is 1.72. The molecular formula is C12H7Cl3N4. The Bertz CT molecular complexity index is 743. The lowest BCUT2D eigenvalue weighted by atomic mass is 10.2. The zero-order chi connectivity index (χ0) is 13.6. The molecule has 2 aromatic heterocycles. The average Bonchev–Trinajstić information content (AvgIpc) is 2.83. The van der Waals surface area contributed by atoms with Crippen molar-refractivity contribution in [3.63, 3.8) is 0 Å². The van der Waals surface area contributed by atoms with Crippen LogP contribution in [0.25, 0.3) is 16.6 Å². The Balaban J connectivity index is 2.23. The van der Waals surface area contributed by atoms with Gasteiger partial charge >= 0.3 is 0 Å². The molecule has 0 saturated carbocycles. The molecule has 2 heterocycles. The van der Waals surface area contributed by atoms with Crippen molar-refractivity contribution in [1.29, 1.82) is 0 Å². The summed E-state index contributed by atoms with van der Waals surface area (Å²) in [7, 11) is 0. The molecule has 4 nitrogen and oxygen atoms in total. The first-order chi connectivity index (χ1) is 9.06. The van der Waals surface area contributed by atoms with Gasteiger partial charge in [0.15, 0.2) is 10.3 Å². The van der Waals surface area contributed by atoms with E-state index in [2.05, 4.69) is 15.3 Å². The molecule has 0 spiro atoms. The van der Waals surface area contributed by atoms with E-state index in [1.807, 2.05) is 25.1 Å². The third kappa shape index (κ3) is 2.16. The number of aryl methyl sites for hydroxylation is 1. The van der Waals surface area contributed by atoms with Crippen molar-refractivity contribution in [3.05, 3.63) is 45.3 Å². The standard InChI is InChI=1S/C12H7Cl3N4/c1-6-2-3-7(4-9(6)13)19-5-8-10(18-19)12(15)17-16-11(8)14/h2-5H,1H3. The van der Waals surface area contributed by atoms with Gasteiger partial charge in [-0.15, -0.1) is 10.2 Å². The van der Waals surface area contributed by atoms with E-state index in [9.17, 15) is 0 Å². The van der Waals surface area contributed by atoms with Crippen molar-refractivity contribution in [2.75, 3.05) is 0 Å². The van der Waals surface area contributed by atoms with Gasteiger partial charge in [-0.25, -0.2) is 4.68 Å². The van der Waals surface area contributed by atoms with Crippen LogP contribution in [0.2, 0.25) is 15.3 Å². The summed E-state index contributed by atoms with van der Waals surface area (Å²) in [6.07, 6.45) is 1.75. The first kappa shape index (κ1) is 12.7. The van der Waals surface area contributed by atoms with Gasteiger partial charge in [0.1, 0.15) is 5.52 Å². The quantitative estimate of drug-likeness (QED) is 0.680. The second-order valence-electron chi connectivity index (χ2n) is 4.05. The van der Waals surface area contributed by atoms with Gasteiger partial charge in [-0.3, -0.25) is 0 Å². The van der Waals surface area contributed by atoms with E-state index in [4.69, 9.17) is 34.8 Å². The Morgan fingerprint density at radius 2 is 1.79 bits per heavy atom. The highest BCUT2D eigenvalue weighted by molar-refractivity contribution is 6.37. The molecule has 1 aromatic carbocycles. The average molecular weight is 314 g/mol. The van der Waals surface area contributed by atoms with Crippen molar-refractivity contribution < 1.29 is 0 Å². The fraction of sp³-hybridized carbons (Fsp3) is 0.0833. The molecular weight excluding hydrogens is 307 g/mol. The molecule has 3 aromatic rings. The van der Waals surface area contributed by atoms with Gasteiger partial charge < -0.3 is 0 Å². The van der Waals surface area contributed by atoms with Crippen LogP contribution in [0.3, 0.4) is 0 Å². The maximum atomic E-state index is 6.11. The summed E-state index contributed by atoms with van der Waals surface area (Å²) in [6.45, 7) is 1.94. The van der Waals surface area contributed by atoms with Crippen LogP contribution in [0, 0.1) is 6.92 Å². The predicted molar refractivity (Wildman–Crippen MR) is 76.4 cm³/mol. The first-order valence-corrected chi connectivity index (χ1v) is 6.53. The molecule has 0 fully saturated rings. The highest BCUT2D eigenvalue weighted by Gasteiger charge is 2.12. The molecule has 0 radical (unpaired) electrons. The Kier molecular flexibility index (Phi) is 3.09. The summed E-state index contributed by atoms with van der Waals surface area (Å²) >= 11 is 18.0. The van der Waals surface area contributed by atoms with Crippen LogP contribution < -0.4 is 0 Å². The predicted octanol–water partition coefficient (Wildman–Crippen LogP) is 4.08. The van der Waals surface area contributed by atoms with Crippen LogP contribution in [-0.2, 0) is 0 Å². The minimum absolute atomic E-state index is 0.219. The van der Waals surface area contributed by atoms with Crippen LogP contribution >= 0.6 is 34.8 Å². The van der Waals surface area contributed by atoms with Crippen molar-refractivity contribution in [3.8, 4) is 5.69 Å². The van der Waals surface area contributed by atoms with E-state index in [-0.39, 0.29) is 10.3 Å². The molecule has 0 saturated heterocycles. The van der Waals surface area contributed by atoms with Crippen LogP contribution in [0.4, 0.5) is 0 Å². The number of rotatable bonds is 1. The molecule has 0 amide bonds. The summed E-state index contributed by atoms with van der Waals surface area (Å²) in [5.41, 5.74) is 2.33. The Labute approximate surface area is 123 Å². The van der Waals surface area contributed by atoms with Gasteiger partial charge in [-0.2, -0.15) is 5.10 Å². The van der Waals surface area contributed by atoms with Crippen LogP contribution in [0.15, 0.2) is 24.4 Å². The maximum absolute atomic E-state index is 6.11. The molecule has 96 valence electrons. The molecule has 0 N–H and O–H groups in total. The van der Waals surface area contributed by atoms with Crippen molar-refractivity contribution in [2.45, 2.75) is 6.92 Å². The summed E-state index contributed by atoms with van der Waals surface area (Å²) in [4.78, 5) is 0. The van der Waals surface area contributed by atoms with Gasteiger partial charge in [-0.05, 0) is 24.6 Å². The normalized spacial score (nSPS) is 11.2. The second-order valence-corrected chi connectivity index (χ2v) is 5.17. The van der Waals surface area contributed by atoms with E-state index >= 15 is 0 Å². The monoisotopic (exact) mass is 312 g/mol. The van der Waals surface area contributed by atoms with Gasteiger partial charge in [-0.1, -0.05) is 40.9 Å². The smallest absolute Gasteiger partial charge is 0.179 e. The Morgan fingerprint density at radius 1 is 1.05 bits per heavy atom. The molecule has 0 unspecified atom stereocenters. The number of fused-ring (bicyclic) bond motifs is 1.